The van der Waals surface area contributed by atoms with Crippen molar-refractivity contribution in [2.24, 2.45) is 0 Å². The molecule has 8 nitrogen and oxygen atoms in total. The number of benzene rings is 1. The summed E-state index contributed by atoms with van der Waals surface area (Å²) in [6, 6.07) is 9.75. The second-order valence-corrected chi connectivity index (χ2v) is 9.44. The highest BCUT2D eigenvalue weighted by Gasteiger charge is 2.22. The summed E-state index contributed by atoms with van der Waals surface area (Å²) in [7, 11) is -3.23. The highest BCUT2D eigenvalue weighted by molar-refractivity contribution is 7.89. The minimum atomic E-state index is -3.23. The lowest BCUT2D eigenvalue weighted by Crippen LogP contribution is -2.44. The van der Waals surface area contributed by atoms with E-state index in [1.165, 1.54) is 6.26 Å². The number of hydrogen-bond donors (Lipinski definition) is 1. The lowest BCUT2D eigenvalue weighted by atomic mass is 10.1. The Morgan fingerprint density at radius 1 is 1.21 bits per heavy atom. The van der Waals surface area contributed by atoms with E-state index in [2.05, 4.69) is 27.0 Å². The Kier molecular flexibility index (Phi) is 5.33. The van der Waals surface area contributed by atoms with Crippen molar-refractivity contribution in [2.45, 2.75) is 18.7 Å². The molecule has 29 heavy (non-hydrogen) atoms. The summed E-state index contributed by atoms with van der Waals surface area (Å²) in [5.41, 5.74) is 3.25. The maximum atomic E-state index is 11.9. The van der Waals surface area contributed by atoms with Crippen molar-refractivity contribution >= 4 is 15.7 Å². The molecule has 3 aromatic rings. The van der Waals surface area contributed by atoms with Gasteiger partial charge in [-0.3, -0.25) is 5.10 Å². The average molecular weight is 414 g/mol. The first-order valence-electron chi connectivity index (χ1n) is 9.39. The number of sulfone groups is 1. The second kappa shape index (κ2) is 7.92. The van der Waals surface area contributed by atoms with Crippen LogP contribution in [0.2, 0.25) is 0 Å². The number of aromatic amines is 1. The van der Waals surface area contributed by atoms with Crippen LogP contribution in [-0.4, -0.2) is 60.6 Å². The predicted molar refractivity (Wildman–Crippen MR) is 111 cm³/mol. The minimum absolute atomic E-state index is 0.129. The Morgan fingerprint density at radius 2 is 2.03 bits per heavy atom. The highest BCUT2D eigenvalue weighted by atomic mass is 32.2. The summed E-state index contributed by atoms with van der Waals surface area (Å²) < 4.78 is 29.3. The molecule has 0 bridgehead atoms. The van der Waals surface area contributed by atoms with E-state index < -0.39 is 9.84 Å². The van der Waals surface area contributed by atoms with Crippen LogP contribution in [0.25, 0.3) is 22.5 Å². The van der Waals surface area contributed by atoms with Gasteiger partial charge in [-0.05, 0) is 18.6 Å². The molecular weight excluding hydrogens is 390 g/mol. The second-order valence-electron chi connectivity index (χ2n) is 7.30. The van der Waals surface area contributed by atoms with Gasteiger partial charge in [0.1, 0.15) is 5.82 Å². The Balaban J connectivity index is 1.79. The van der Waals surface area contributed by atoms with E-state index in [1.807, 2.05) is 30.5 Å². The molecule has 0 aliphatic carbocycles. The zero-order valence-corrected chi connectivity index (χ0v) is 17.2. The van der Waals surface area contributed by atoms with Crippen LogP contribution in [0.4, 0.5) is 5.82 Å². The standard InChI is InChI=1S/C20H23N5O3S/c1-14-12-28-7-6-25(14)19-9-18(13-29(2,26)27)23-20(24-19)16-5-3-4-15(8-16)17-10-21-22-11-17/h3-5,8-11,14H,6-7,12-13H2,1-2H3,(H,21,22)/t14-/m0/s1. The molecule has 0 spiro atoms. The van der Waals surface area contributed by atoms with Gasteiger partial charge in [0.05, 0.1) is 36.9 Å². The fourth-order valence-electron chi connectivity index (χ4n) is 3.42. The Labute approximate surface area is 169 Å². The number of rotatable bonds is 5. The molecule has 1 N–H and O–H groups in total. The van der Waals surface area contributed by atoms with Crippen LogP contribution in [0.3, 0.4) is 0 Å². The van der Waals surface area contributed by atoms with Crippen LogP contribution < -0.4 is 4.90 Å². The number of nitrogens with zero attached hydrogens (tertiary/aromatic N) is 4. The highest BCUT2D eigenvalue weighted by Crippen LogP contribution is 2.27. The van der Waals surface area contributed by atoms with Crippen molar-refractivity contribution in [1.82, 2.24) is 20.2 Å². The SMILES string of the molecule is C[C@H]1COCCN1c1cc(CS(C)(=O)=O)nc(-c2cccc(-c3cn[nH]c3)c2)n1. The van der Waals surface area contributed by atoms with Gasteiger partial charge in [0.25, 0.3) is 0 Å². The number of nitrogens with one attached hydrogen (secondary N) is 1. The molecule has 1 fully saturated rings. The number of morpholine rings is 1. The van der Waals surface area contributed by atoms with Crippen molar-refractivity contribution in [3.8, 4) is 22.5 Å². The van der Waals surface area contributed by atoms with Crippen LogP contribution in [0, 0.1) is 0 Å². The van der Waals surface area contributed by atoms with Gasteiger partial charge < -0.3 is 9.64 Å². The summed E-state index contributed by atoms with van der Waals surface area (Å²) >= 11 is 0. The maximum absolute atomic E-state index is 11.9. The van der Waals surface area contributed by atoms with Gasteiger partial charge in [0.2, 0.25) is 0 Å². The molecular formula is C20H23N5O3S. The van der Waals surface area contributed by atoms with Gasteiger partial charge in [-0.2, -0.15) is 5.10 Å². The third-order valence-corrected chi connectivity index (χ3v) is 5.61. The van der Waals surface area contributed by atoms with E-state index in [0.717, 1.165) is 22.5 Å². The van der Waals surface area contributed by atoms with E-state index in [4.69, 9.17) is 9.72 Å². The normalized spacial score (nSPS) is 17.4. The molecule has 1 atom stereocenters. The van der Waals surface area contributed by atoms with Crippen molar-refractivity contribution in [3.63, 3.8) is 0 Å². The average Bonchev–Trinajstić information content (AvgIpc) is 3.22. The summed E-state index contributed by atoms with van der Waals surface area (Å²) in [5.74, 6) is 1.10. The molecule has 2 aromatic heterocycles. The van der Waals surface area contributed by atoms with E-state index in [9.17, 15) is 8.42 Å². The van der Waals surface area contributed by atoms with Gasteiger partial charge >= 0.3 is 0 Å². The third kappa shape index (κ3) is 4.63. The van der Waals surface area contributed by atoms with Crippen LogP contribution in [0.1, 0.15) is 12.6 Å². The fraction of sp³-hybridized carbons (Fsp3) is 0.350. The van der Waals surface area contributed by atoms with Gasteiger partial charge in [-0.1, -0.05) is 18.2 Å². The smallest absolute Gasteiger partial charge is 0.161 e. The maximum Gasteiger partial charge on any atom is 0.161 e. The number of hydrogen-bond acceptors (Lipinski definition) is 7. The molecule has 152 valence electrons. The van der Waals surface area contributed by atoms with E-state index in [-0.39, 0.29) is 11.8 Å². The fourth-order valence-corrected chi connectivity index (χ4v) is 4.10. The zero-order chi connectivity index (χ0) is 20.4. The van der Waals surface area contributed by atoms with Crippen molar-refractivity contribution < 1.29 is 13.2 Å². The topological polar surface area (TPSA) is 101 Å². The predicted octanol–water partition coefficient (Wildman–Crippen LogP) is 2.30. The van der Waals surface area contributed by atoms with E-state index in [0.29, 0.717) is 31.3 Å². The van der Waals surface area contributed by atoms with Gasteiger partial charge in [0, 0.05) is 36.2 Å². The van der Waals surface area contributed by atoms with Crippen LogP contribution >= 0.6 is 0 Å². The van der Waals surface area contributed by atoms with Crippen molar-refractivity contribution in [2.75, 3.05) is 30.9 Å². The summed E-state index contributed by atoms with van der Waals surface area (Å²) in [6.07, 6.45) is 4.78. The molecule has 4 rings (SSSR count). The largest absolute Gasteiger partial charge is 0.377 e. The summed E-state index contributed by atoms with van der Waals surface area (Å²) in [4.78, 5) is 11.5. The first-order valence-corrected chi connectivity index (χ1v) is 11.4. The lowest BCUT2D eigenvalue weighted by molar-refractivity contribution is 0.0985. The molecule has 9 heteroatoms. The molecule has 3 heterocycles. The lowest BCUT2D eigenvalue weighted by Gasteiger charge is -2.34. The molecule has 1 aromatic carbocycles. The molecule has 1 aliphatic heterocycles. The molecule has 0 saturated carbocycles. The Hall–Kier alpha value is -2.78. The molecule has 1 aliphatic rings. The summed E-state index contributed by atoms with van der Waals surface area (Å²) in [5, 5.41) is 6.81. The monoisotopic (exact) mass is 413 g/mol. The number of anilines is 1. The first kappa shape index (κ1) is 19.5. The van der Waals surface area contributed by atoms with Gasteiger partial charge in [-0.15, -0.1) is 0 Å². The van der Waals surface area contributed by atoms with E-state index in [1.54, 1.807) is 12.3 Å². The minimum Gasteiger partial charge on any atom is -0.377 e. The van der Waals surface area contributed by atoms with Crippen molar-refractivity contribution in [1.29, 1.82) is 0 Å². The third-order valence-electron chi connectivity index (χ3n) is 4.79. The van der Waals surface area contributed by atoms with Crippen LogP contribution in [0.15, 0.2) is 42.7 Å². The number of aromatic nitrogens is 4. The Bertz CT molecular complexity index is 1100. The molecule has 0 amide bonds. The molecule has 0 radical (unpaired) electrons. The van der Waals surface area contributed by atoms with Crippen LogP contribution in [-0.2, 0) is 20.3 Å². The Morgan fingerprint density at radius 3 is 2.76 bits per heavy atom. The van der Waals surface area contributed by atoms with Crippen LogP contribution in [0.5, 0.6) is 0 Å². The van der Waals surface area contributed by atoms with Gasteiger partial charge in [0.15, 0.2) is 15.7 Å². The molecule has 0 unspecified atom stereocenters. The van der Waals surface area contributed by atoms with E-state index >= 15 is 0 Å². The number of H-pyrrole nitrogens is 1. The van der Waals surface area contributed by atoms with Crippen molar-refractivity contribution in [3.05, 3.63) is 48.4 Å². The number of ether oxygens (including phenoxy) is 1. The quantitative estimate of drug-likeness (QED) is 0.685. The zero-order valence-electron chi connectivity index (χ0n) is 16.4. The first-order chi connectivity index (χ1) is 13.9. The van der Waals surface area contributed by atoms with Gasteiger partial charge in [-0.25, -0.2) is 18.4 Å². The summed E-state index contributed by atoms with van der Waals surface area (Å²) in [6.45, 7) is 3.99. The molecule has 1 saturated heterocycles.